The van der Waals surface area contributed by atoms with E-state index in [1.165, 1.54) is 25.7 Å². The van der Waals surface area contributed by atoms with Crippen molar-refractivity contribution in [3.8, 4) is 0 Å². The van der Waals surface area contributed by atoms with Crippen LogP contribution in [-0.2, 0) is 9.53 Å². The molecular formula is C14H25NO2. The molecule has 1 aliphatic heterocycles. The van der Waals surface area contributed by atoms with E-state index < -0.39 is 0 Å². The summed E-state index contributed by atoms with van der Waals surface area (Å²) in [5, 5.41) is 0. The summed E-state index contributed by atoms with van der Waals surface area (Å²) in [5.41, 5.74) is 0. The first-order chi connectivity index (χ1) is 8.29. The quantitative estimate of drug-likeness (QED) is 0.754. The van der Waals surface area contributed by atoms with Crippen LogP contribution in [0, 0.1) is 0 Å². The Morgan fingerprint density at radius 3 is 2.41 bits per heavy atom. The molecule has 3 heteroatoms. The van der Waals surface area contributed by atoms with Crippen LogP contribution in [0.15, 0.2) is 0 Å². The van der Waals surface area contributed by atoms with Gasteiger partial charge in [0.2, 0.25) is 0 Å². The zero-order chi connectivity index (χ0) is 12.1. The van der Waals surface area contributed by atoms with E-state index >= 15 is 0 Å². The highest BCUT2D eigenvalue weighted by atomic mass is 16.5. The predicted molar refractivity (Wildman–Crippen MR) is 68.1 cm³/mol. The summed E-state index contributed by atoms with van der Waals surface area (Å²) in [6, 6.07) is 0.713. The molecule has 1 saturated carbocycles. The number of piperidine rings is 1. The minimum Gasteiger partial charge on any atom is -0.378 e. The standard InChI is InChI=1S/C14H25NO2/c1-2-11-17-14-5-3-12(4-6-14)15-9-7-13(16)8-10-15/h12,14H,2-11H2,1H3. The van der Waals surface area contributed by atoms with Gasteiger partial charge < -0.3 is 4.74 Å². The largest absolute Gasteiger partial charge is 0.378 e. The average molecular weight is 239 g/mol. The molecule has 0 aromatic heterocycles. The highest BCUT2D eigenvalue weighted by Gasteiger charge is 2.28. The molecule has 98 valence electrons. The molecule has 0 radical (unpaired) electrons. The smallest absolute Gasteiger partial charge is 0.135 e. The van der Waals surface area contributed by atoms with Crippen LogP contribution < -0.4 is 0 Å². The summed E-state index contributed by atoms with van der Waals surface area (Å²) in [6.45, 7) is 5.05. The minimum absolute atomic E-state index is 0.446. The molecule has 17 heavy (non-hydrogen) atoms. The zero-order valence-electron chi connectivity index (χ0n) is 11.0. The molecule has 2 fully saturated rings. The number of rotatable bonds is 4. The summed E-state index contributed by atoms with van der Waals surface area (Å²) < 4.78 is 5.81. The number of ketones is 1. The number of carbonyl (C=O) groups is 1. The van der Waals surface area contributed by atoms with E-state index in [4.69, 9.17) is 4.74 Å². The van der Waals surface area contributed by atoms with E-state index in [1.54, 1.807) is 0 Å². The van der Waals surface area contributed by atoms with E-state index in [9.17, 15) is 4.79 Å². The Bertz CT molecular complexity index is 237. The summed E-state index contributed by atoms with van der Waals surface area (Å²) in [4.78, 5) is 13.7. The van der Waals surface area contributed by atoms with Crippen molar-refractivity contribution in [2.45, 2.75) is 64.0 Å². The number of ether oxygens (including phenoxy) is 1. The second-order valence-electron chi connectivity index (χ2n) is 5.38. The molecule has 0 aromatic rings. The summed E-state index contributed by atoms with van der Waals surface area (Å²) in [5.74, 6) is 0.446. The van der Waals surface area contributed by atoms with Crippen molar-refractivity contribution in [2.24, 2.45) is 0 Å². The third-order valence-corrected chi connectivity index (χ3v) is 4.07. The molecule has 1 heterocycles. The van der Waals surface area contributed by atoms with Crippen LogP contribution in [0.3, 0.4) is 0 Å². The third kappa shape index (κ3) is 3.78. The van der Waals surface area contributed by atoms with E-state index in [2.05, 4.69) is 11.8 Å². The monoisotopic (exact) mass is 239 g/mol. The highest BCUT2D eigenvalue weighted by Crippen LogP contribution is 2.26. The van der Waals surface area contributed by atoms with Gasteiger partial charge in [0.1, 0.15) is 5.78 Å². The van der Waals surface area contributed by atoms with Gasteiger partial charge in [-0.15, -0.1) is 0 Å². The fourth-order valence-electron chi connectivity index (χ4n) is 3.00. The molecule has 2 aliphatic rings. The van der Waals surface area contributed by atoms with Crippen LogP contribution in [-0.4, -0.2) is 42.5 Å². The Labute approximate surface area is 105 Å². The molecule has 0 spiro atoms. The number of carbonyl (C=O) groups excluding carboxylic acids is 1. The number of nitrogens with zero attached hydrogens (tertiary/aromatic N) is 1. The lowest BCUT2D eigenvalue weighted by atomic mass is 9.90. The van der Waals surface area contributed by atoms with Crippen LogP contribution in [0.2, 0.25) is 0 Å². The number of Topliss-reactive ketones (excluding diaryl/α,β-unsaturated/α-hetero) is 1. The molecule has 0 unspecified atom stereocenters. The van der Waals surface area contributed by atoms with Gasteiger partial charge in [0, 0.05) is 38.6 Å². The van der Waals surface area contributed by atoms with Crippen LogP contribution >= 0.6 is 0 Å². The Morgan fingerprint density at radius 1 is 1.18 bits per heavy atom. The van der Waals surface area contributed by atoms with E-state index in [1.807, 2.05) is 0 Å². The molecular weight excluding hydrogens is 214 g/mol. The van der Waals surface area contributed by atoms with Crippen molar-refractivity contribution in [2.75, 3.05) is 19.7 Å². The van der Waals surface area contributed by atoms with Gasteiger partial charge in [0.25, 0.3) is 0 Å². The lowest BCUT2D eigenvalue weighted by Crippen LogP contribution is -2.44. The number of hydrogen-bond acceptors (Lipinski definition) is 3. The van der Waals surface area contributed by atoms with Crippen LogP contribution in [0.25, 0.3) is 0 Å². The summed E-state index contributed by atoms with van der Waals surface area (Å²) in [7, 11) is 0. The van der Waals surface area contributed by atoms with Gasteiger partial charge in [-0.1, -0.05) is 6.92 Å². The lowest BCUT2D eigenvalue weighted by molar-refractivity contribution is -0.122. The Morgan fingerprint density at radius 2 is 1.82 bits per heavy atom. The topological polar surface area (TPSA) is 29.5 Å². The normalized spacial score (nSPS) is 31.7. The van der Waals surface area contributed by atoms with Gasteiger partial charge in [-0.25, -0.2) is 0 Å². The summed E-state index contributed by atoms with van der Waals surface area (Å²) in [6.07, 6.45) is 8.07. The molecule has 2 rings (SSSR count). The Hall–Kier alpha value is -0.410. The molecule has 1 aliphatic carbocycles. The summed E-state index contributed by atoms with van der Waals surface area (Å²) >= 11 is 0. The lowest BCUT2D eigenvalue weighted by Gasteiger charge is -2.38. The van der Waals surface area contributed by atoms with E-state index in [-0.39, 0.29) is 0 Å². The molecule has 0 N–H and O–H groups in total. The first kappa shape index (κ1) is 13.0. The maximum atomic E-state index is 11.2. The first-order valence-electron chi connectivity index (χ1n) is 7.17. The third-order valence-electron chi connectivity index (χ3n) is 4.07. The molecule has 0 bridgehead atoms. The van der Waals surface area contributed by atoms with Crippen molar-refractivity contribution < 1.29 is 9.53 Å². The van der Waals surface area contributed by atoms with E-state index in [0.29, 0.717) is 17.9 Å². The van der Waals surface area contributed by atoms with Crippen molar-refractivity contribution >= 4 is 5.78 Å². The molecule has 0 aromatic carbocycles. The molecule has 0 atom stereocenters. The van der Waals surface area contributed by atoms with Gasteiger partial charge >= 0.3 is 0 Å². The molecule has 0 amide bonds. The highest BCUT2D eigenvalue weighted by molar-refractivity contribution is 5.79. The van der Waals surface area contributed by atoms with Crippen molar-refractivity contribution in [3.05, 3.63) is 0 Å². The fourth-order valence-corrected chi connectivity index (χ4v) is 3.00. The van der Waals surface area contributed by atoms with Gasteiger partial charge in [0.05, 0.1) is 6.10 Å². The van der Waals surface area contributed by atoms with Crippen molar-refractivity contribution in [1.82, 2.24) is 4.90 Å². The van der Waals surface area contributed by atoms with Gasteiger partial charge in [-0.2, -0.15) is 0 Å². The van der Waals surface area contributed by atoms with Crippen LogP contribution in [0.5, 0.6) is 0 Å². The SMILES string of the molecule is CCCOC1CCC(N2CCC(=O)CC2)CC1. The average Bonchev–Trinajstić information content (AvgIpc) is 2.38. The predicted octanol–water partition coefficient (Wildman–Crippen LogP) is 2.39. The van der Waals surface area contributed by atoms with Gasteiger partial charge in [-0.3, -0.25) is 9.69 Å². The van der Waals surface area contributed by atoms with E-state index in [0.717, 1.165) is 39.0 Å². The maximum Gasteiger partial charge on any atom is 0.135 e. The van der Waals surface area contributed by atoms with Crippen molar-refractivity contribution in [3.63, 3.8) is 0 Å². The second-order valence-corrected chi connectivity index (χ2v) is 5.38. The Kier molecular flexibility index (Phi) is 4.99. The number of likely N-dealkylation sites (tertiary alicyclic amines) is 1. The van der Waals surface area contributed by atoms with Gasteiger partial charge in [0.15, 0.2) is 0 Å². The first-order valence-corrected chi connectivity index (χ1v) is 7.17. The molecule has 3 nitrogen and oxygen atoms in total. The molecule has 1 saturated heterocycles. The van der Waals surface area contributed by atoms with Gasteiger partial charge in [-0.05, 0) is 32.1 Å². The zero-order valence-corrected chi connectivity index (χ0v) is 11.0. The second kappa shape index (κ2) is 6.50. The van der Waals surface area contributed by atoms with Crippen LogP contribution in [0.4, 0.5) is 0 Å². The minimum atomic E-state index is 0.446. The number of hydrogen-bond donors (Lipinski definition) is 0. The fraction of sp³-hybridized carbons (Fsp3) is 0.929. The van der Waals surface area contributed by atoms with Crippen molar-refractivity contribution in [1.29, 1.82) is 0 Å². The maximum absolute atomic E-state index is 11.2. The van der Waals surface area contributed by atoms with Crippen LogP contribution in [0.1, 0.15) is 51.9 Å². The Balaban J connectivity index is 1.69.